The summed E-state index contributed by atoms with van der Waals surface area (Å²) in [4.78, 5) is 4.10. The van der Waals surface area contributed by atoms with E-state index in [1.807, 2.05) is 0 Å². The van der Waals surface area contributed by atoms with E-state index in [2.05, 4.69) is 20.5 Å². The molecule has 0 unspecified atom stereocenters. The summed E-state index contributed by atoms with van der Waals surface area (Å²) in [6.07, 6.45) is -1.54. The standard InChI is InChI=1S/C14H12F3N5O2/c15-14(16,17)8-1-2-9(10(24)7-8)12-21-20-11(18-4-6-23)13-19-3-5-22(12)13/h1-3,5,7,23-24H,4,6H2,(H,18,20). The van der Waals surface area contributed by atoms with Crippen LogP contribution in [0, 0.1) is 0 Å². The zero-order valence-electron chi connectivity index (χ0n) is 12.1. The fourth-order valence-corrected chi connectivity index (χ4v) is 2.21. The van der Waals surface area contributed by atoms with E-state index in [0.717, 1.165) is 12.1 Å². The van der Waals surface area contributed by atoms with Gasteiger partial charge in [-0.3, -0.25) is 4.40 Å². The summed E-state index contributed by atoms with van der Waals surface area (Å²) in [6.45, 7) is 0.123. The molecule has 7 nitrogen and oxygen atoms in total. The molecule has 3 N–H and O–H groups in total. The van der Waals surface area contributed by atoms with Gasteiger partial charge in [-0.25, -0.2) is 4.98 Å². The second kappa shape index (κ2) is 5.96. The van der Waals surface area contributed by atoms with E-state index in [1.165, 1.54) is 10.6 Å². The molecule has 0 saturated carbocycles. The number of aromatic hydroxyl groups is 1. The number of aliphatic hydroxyl groups excluding tert-OH is 1. The van der Waals surface area contributed by atoms with Crippen LogP contribution < -0.4 is 5.32 Å². The van der Waals surface area contributed by atoms with E-state index in [1.54, 1.807) is 6.20 Å². The van der Waals surface area contributed by atoms with Gasteiger partial charge in [0.05, 0.1) is 17.7 Å². The first-order valence-electron chi connectivity index (χ1n) is 6.87. The van der Waals surface area contributed by atoms with Gasteiger partial charge in [-0.05, 0) is 18.2 Å². The fraction of sp³-hybridized carbons (Fsp3) is 0.214. The Morgan fingerprint density at radius 1 is 1.21 bits per heavy atom. The van der Waals surface area contributed by atoms with Crippen LogP contribution in [0.15, 0.2) is 30.6 Å². The van der Waals surface area contributed by atoms with Crippen LogP contribution in [-0.4, -0.2) is 42.9 Å². The number of aromatic nitrogens is 4. The molecule has 0 aliphatic rings. The fourth-order valence-electron chi connectivity index (χ4n) is 2.21. The van der Waals surface area contributed by atoms with E-state index in [0.29, 0.717) is 17.5 Å². The van der Waals surface area contributed by atoms with Crippen LogP contribution >= 0.6 is 0 Å². The van der Waals surface area contributed by atoms with Crippen molar-refractivity contribution >= 4 is 11.5 Å². The Labute approximate surface area is 133 Å². The Hall–Kier alpha value is -2.88. The lowest BCUT2D eigenvalue weighted by atomic mass is 10.1. The summed E-state index contributed by atoms with van der Waals surface area (Å²) in [5, 5.41) is 29.5. The van der Waals surface area contributed by atoms with Crippen molar-refractivity contribution in [3.8, 4) is 17.1 Å². The number of halogens is 3. The highest BCUT2D eigenvalue weighted by molar-refractivity contribution is 5.71. The van der Waals surface area contributed by atoms with E-state index in [9.17, 15) is 18.3 Å². The molecular weight excluding hydrogens is 327 g/mol. The minimum Gasteiger partial charge on any atom is -0.507 e. The number of nitrogens with one attached hydrogen (secondary N) is 1. The molecule has 1 aromatic carbocycles. The van der Waals surface area contributed by atoms with E-state index < -0.39 is 17.5 Å². The van der Waals surface area contributed by atoms with Crippen molar-refractivity contribution in [2.24, 2.45) is 0 Å². The van der Waals surface area contributed by atoms with Gasteiger partial charge in [0.1, 0.15) is 5.75 Å². The van der Waals surface area contributed by atoms with Crippen LogP contribution in [0.4, 0.5) is 19.0 Å². The van der Waals surface area contributed by atoms with Crippen molar-refractivity contribution in [3.63, 3.8) is 0 Å². The Morgan fingerprint density at radius 3 is 2.67 bits per heavy atom. The summed E-state index contributed by atoms with van der Waals surface area (Å²) >= 11 is 0. The Morgan fingerprint density at radius 2 is 2.00 bits per heavy atom. The van der Waals surface area contributed by atoms with Gasteiger partial charge in [0.2, 0.25) is 0 Å². The maximum absolute atomic E-state index is 12.7. The largest absolute Gasteiger partial charge is 0.507 e. The Kier molecular flexibility index (Phi) is 3.97. The van der Waals surface area contributed by atoms with Crippen molar-refractivity contribution in [2.45, 2.75) is 6.18 Å². The summed E-state index contributed by atoms with van der Waals surface area (Å²) in [5.74, 6) is -0.113. The number of nitrogens with zero attached hydrogens (tertiary/aromatic N) is 4. The predicted octanol–water partition coefficient (Wildman–Crippen LogP) is 1.92. The first kappa shape index (κ1) is 16.0. The van der Waals surface area contributed by atoms with Crippen LogP contribution in [0.2, 0.25) is 0 Å². The first-order valence-corrected chi connectivity index (χ1v) is 6.87. The number of rotatable bonds is 4. The number of benzene rings is 1. The zero-order valence-corrected chi connectivity index (χ0v) is 12.1. The molecule has 0 saturated heterocycles. The first-order chi connectivity index (χ1) is 11.4. The van der Waals surface area contributed by atoms with Crippen LogP contribution in [0.5, 0.6) is 5.75 Å². The van der Waals surface area contributed by atoms with Crippen molar-refractivity contribution in [3.05, 3.63) is 36.2 Å². The predicted molar refractivity (Wildman–Crippen MR) is 78.5 cm³/mol. The molecule has 2 heterocycles. The second-order valence-electron chi connectivity index (χ2n) is 4.87. The molecule has 0 aliphatic carbocycles. The number of imidazole rings is 1. The number of fused-ring (bicyclic) bond motifs is 1. The van der Waals surface area contributed by atoms with E-state index in [-0.39, 0.29) is 24.5 Å². The SMILES string of the molecule is OCCNc1nnc(-c2ccc(C(F)(F)F)cc2O)n2ccnc12. The van der Waals surface area contributed by atoms with Crippen LogP contribution in [0.1, 0.15) is 5.56 Å². The second-order valence-corrected chi connectivity index (χ2v) is 4.87. The summed E-state index contributed by atoms with van der Waals surface area (Å²) in [7, 11) is 0. The number of anilines is 1. The molecule has 0 spiro atoms. The van der Waals surface area contributed by atoms with Gasteiger partial charge in [-0.15, -0.1) is 10.2 Å². The molecule has 0 aliphatic heterocycles. The van der Waals surface area contributed by atoms with Gasteiger partial charge in [0.25, 0.3) is 0 Å². The third kappa shape index (κ3) is 2.83. The molecule has 0 fully saturated rings. The van der Waals surface area contributed by atoms with Crippen LogP contribution in [0.25, 0.3) is 17.0 Å². The summed E-state index contributed by atoms with van der Waals surface area (Å²) in [5.41, 5.74) is -0.500. The van der Waals surface area contributed by atoms with Crippen molar-refractivity contribution in [1.82, 2.24) is 19.6 Å². The lowest BCUT2D eigenvalue weighted by molar-refractivity contribution is -0.137. The van der Waals surface area contributed by atoms with Gasteiger partial charge in [0.15, 0.2) is 17.3 Å². The lowest BCUT2D eigenvalue weighted by Gasteiger charge is -2.11. The molecule has 0 radical (unpaired) electrons. The Bertz CT molecular complexity index is 878. The van der Waals surface area contributed by atoms with Crippen LogP contribution in [-0.2, 0) is 6.18 Å². The van der Waals surface area contributed by atoms with Gasteiger partial charge >= 0.3 is 6.18 Å². The quantitative estimate of drug-likeness (QED) is 0.672. The molecule has 2 aromatic heterocycles. The molecule has 24 heavy (non-hydrogen) atoms. The zero-order chi connectivity index (χ0) is 17.3. The molecule has 126 valence electrons. The number of alkyl halides is 3. The lowest BCUT2D eigenvalue weighted by Crippen LogP contribution is -2.11. The van der Waals surface area contributed by atoms with Gasteiger partial charge < -0.3 is 15.5 Å². The van der Waals surface area contributed by atoms with Crippen molar-refractivity contribution in [2.75, 3.05) is 18.5 Å². The van der Waals surface area contributed by atoms with Crippen LogP contribution in [0.3, 0.4) is 0 Å². The summed E-state index contributed by atoms with van der Waals surface area (Å²) < 4.78 is 39.6. The van der Waals surface area contributed by atoms with E-state index >= 15 is 0 Å². The average molecular weight is 339 g/mol. The molecule has 3 rings (SSSR count). The minimum absolute atomic E-state index is 0.0900. The summed E-state index contributed by atoms with van der Waals surface area (Å²) in [6, 6.07) is 2.62. The van der Waals surface area contributed by atoms with E-state index in [4.69, 9.17) is 5.11 Å². The number of phenolic OH excluding ortho intramolecular Hbond substituents is 1. The minimum atomic E-state index is -4.55. The highest BCUT2D eigenvalue weighted by atomic mass is 19.4. The highest BCUT2D eigenvalue weighted by Crippen LogP contribution is 2.36. The maximum atomic E-state index is 12.7. The highest BCUT2D eigenvalue weighted by Gasteiger charge is 2.31. The van der Waals surface area contributed by atoms with Crippen molar-refractivity contribution in [1.29, 1.82) is 0 Å². The third-order valence-corrected chi connectivity index (χ3v) is 3.30. The normalized spacial score (nSPS) is 11.8. The molecule has 0 amide bonds. The molecule has 0 atom stereocenters. The Balaban J connectivity index is 2.09. The molecule has 0 bridgehead atoms. The van der Waals surface area contributed by atoms with Gasteiger partial charge in [-0.2, -0.15) is 13.2 Å². The van der Waals surface area contributed by atoms with Gasteiger partial charge in [-0.1, -0.05) is 0 Å². The molecule has 3 aromatic rings. The molecule has 10 heteroatoms. The molecular formula is C14H12F3N5O2. The number of phenols is 1. The topological polar surface area (TPSA) is 95.6 Å². The van der Waals surface area contributed by atoms with Crippen molar-refractivity contribution < 1.29 is 23.4 Å². The smallest absolute Gasteiger partial charge is 0.416 e. The number of hydrogen-bond donors (Lipinski definition) is 3. The maximum Gasteiger partial charge on any atom is 0.416 e. The monoisotopic (exact) mass is 339 g/mol. The van der Waals surface area contributed by atoms with Gasteiger partial charge in [0, 0.05) is 18.9 Å². The third-order valence-electron chi connectivity index (χ3n) is 3.30. The number of hydrogen-bond acceptors (Lipinski definition) is 6. The average Bonchev–Trinajstić information content (AvgIpc) is 3.02. The number of aliphatic hydroxyl groups is 1.